The number of hydrogen-bond acceptors (Lipinski definition) is 9. The molecule has 1 aliphatic rings. The second-order valence-electron chi connectivity index (χ2n) is 10.6. The summed E-state index contributed by atoms with van der Waals surface area (Å²) in [5.74, 6) is 3.58. The molecule has 46 heavy (non-hydrogen) atoms. The Labute approximate surface area is 264 Å². The van der Waals surface area contributed by atoms with E-state index >= 15 is 0 Å². The van der Waals surface area contributed by atoms with E-state index in [0.29, 0.717) is 22.6 Å². The van der Waals surface area contributed by atoms with Gasteiger partial charge < -0.3 is 23.7 Å². The van der Waals surface area contributed by atoms with Gasteiger partial charge in [-0.2, -0.15) is 0 Å². The van der Waals surface area contributed by atoms with E-state index < -0.39 is 46.3 Å². The summed E-state index contributed by atoms with van der Waals surface area (Å²) >= 11 is 0. The van der Waals surface area contributed by atoms with Crippen LogP contribution in [-0.4, -0.2) is 60.2 Å². The molecule has 0 amide bonds. The van der Waals surface area contributed by atoms with Crippen LogP contribution in [0.1, 0.15) is 28.5 Å². The second-order valence-corrected chi connectivity index (χ2v) is 10.6. The van der Waals surface area contributed by atoms with Crippen molar-refractivity contribution in [2.45, 2.75) is 37.0 Å². The van der Waals surface area contributed by atoms with E-state index in [1.165, 1.54) is 13.1 Å². The van der Waals surface area contributed by atoms with Crippen LogP contribution >= 0.6 is 0 Å². The lowest BCUT2D eigenvalue weighted by Crippen LogP contribution is -2.45. The van der Waals surface area contributed by atoms with Gasteiger partial charge in [0.2, 0.25) is 0 Å². The third kappa shape index (κ3) is 6.16. The van der Waals surface area contributed by atoms with Gasteiger partial charge in [0, 0.05) is 16.7 Å². The highest BCUT2D eigenvalue weighted by atomic mass is 16.7. The molecule has 12 heteroatoms. The van der Waals surface area contributed by atoms with Gasteiger partial charge in [0.1, 0.15) is 23.7 Å². The molecule has 5 rings (SSSR count). The number of nitro groups is 1. The van der Waals surface area contributed by atoms with E-state index in [4.69, 9.17) is 30.1 Å². The van der Waals surface area contributed by atoms with Crippen molar-refractivity contribution in [2.24, 2.45) is 0 Å². The normalized spacial score (nSPS) is 19.3. The summed E-state index contributed by atoms with van der Waals surface area (Å²) in [6.45, 7) is 0.928. The summed E-state index contributed by atoms with van der Waals surface area (Å²) in [6, 6.07) is 22.6. The Morgan fingerprint density at radius 3 is 2.04 bits per heavy atom. The van der Waals surface area contributed by atoms with E-state index in [1.807, 2.05) is 54.6 Å². The summed E-state index contributed by atoms with van der Waals surface area (Å²) in [5.41, 5.74) is -0.313. The molecule has 12 nitrogen and oxygen atoms in total. The lowest BCUT2D eigenvalue weighted by Gasteiger charge is -2.37. The van der Waals surface area contributed by atoms with Crippen LogP contribution in [0.25, 0.3) is 0 Å². The molecule has 4 atom stereocenters. The number of benzene rings is 3. The number of hydrogen-bond donors (Lipinski definition) is 1. The van der Waals surface area contributed by atoms with Crippen LogP contribution in [0, 0.1) is 29.4 Å². The van der Waals surface area contributed by atoms with Crippen LogP contribution in [0.15, 0.2) is 94.6 Å². The Kier molecular flexibility index (Phi) is 9.67. The Morgan fingerprint density at radius 2 is 1.52 bits per heavy atom. The first kappa shape index (κ1) is 32.2. The van der Waals surface area contributed by atoms with Crippen molar-refractivity contribution >= 4 is 0 Å². The summed E-state index contributed by atoms with van der Waals surface area (Å²) < 4.78 is 30.7. The minimum absolute atomic E-state index is 0.207. The van der Waals surface area contributed by atoms with Crippen LogP contribution in [0.3, 0.4) is 0 Å². The fraction of sp³-hybridized carbons (Fsp3) is 0.294. The highest BCUT2D eigenvalue weighted by Gasteiger charge is 2.55. The molecular weight excluding hydrogens is 594 g/mol. The summed E-state index contributed by atoms with van der Waals surface area (Å²) in [5, 5.41) is 12.6. The number of aromatic amines is 1. The lowest BCUT2D eigenvalue weighted by atomic mass is 9.80. The molecule has 4 aromatic rings. The van der Waals surface area contributed by atoms with E-state index in [-0.39, 0.29) is 18.8 Å². The number of ether oxygens (including phenoxy) is 5. The van der Waals surface area contributed by atoms with Crippen LogP contribution < -0.4 is 20.7 Å². The molecule has 1 unspecified atom stereocenters. The molecule has 1 saturated heterocycles. The van der Waals surface area contributed by atoms with E-state index in [1.54, 1.807) is 38.5 Å². The molecule has 1 aliphatic heterocycles. The summed E-state index contributed by atoms with van der Waals surface area (Å²) in [7, 11) is 3.14. The van der Waals surface area contributed by atoms with Crippen LogP contribution in [-0.2, 0) is 19.8 Å². The highest BCUT2D eigenvalue weighted by Crippen LogP contribution is 2.43. The Hall–Kier alpha value is -5.22. The topological polar surface area (TPSA) is 144 Å². The van der Waals surface area contributed by atoms with Gasteiger partial charge >= 0.3 is 5.69 Å². The third-order valence-corrected chi connectivity index (χ3v) is 7.97. The summed E-state index contributed by atoms with van der Waals surface area (Å²) in [4.78, 5) is 39.3. The van der Waals surface area contributed by atoms with E-state index in [0.717, 1.165) is 10.1 Å². The van der Waals surface area contributed by atoms with Gasteiger partial charge in [0.15, 0.2) is 18.4 Å². The van der Waals surface area contributed by atoms with Crippen LogP contribution in [0.4, 0.5) is 0 Å². The quantitative estimate of drug-likeness (QED) is 0.108. The first-order chi connectivity index (χ1) is 22.2. The van der Waals surface area contributed by atoms with Crippen molar-refractivity contribution in [3.63, 3.8) is 0 Å². The standard InChI is InChI=1S/C34H33N3O9/c1-5-19-44-30-29(37(40)41)28(46-32(30)36-20-22(2)31(38)35-33(36)39)21-45-34(23-9-7-6-8-10-23,24-11-15-26(42-3)16-12-24)25-13-17-27(43-4)18-14-25/h1,6-18,20,28-30,32H,19,21H2,2-4H3,(H,35,38,39)/t28-,29?,30-,32-/m1/s1. The maximum atomic E-state index is 12.9. The molecule has 1 N–H and O–H groups in total. The molecule has 0 radical (unpaired) electrons. The van der Waals surface area contributed by atoms with Crippen molar-refractivity contribution < 1.29 is 28.6 Å². The number of aromatic nitrogens is 2. The smallest absolute Gasteiger partial charge is 0.330 e. The molecule has 0 spiro atoms. The van der Waals surface area contributed by atoms with Gasteiger partial charge in [-0.05, 0) is 47.9 Å². The number of nitrogens with zero attached hydrogens (tertiary/aromatic N) is 2. The van der Waals surface area contributed by atoms with Crippen molar-refractivity contribution in [1.82, 2.24) is 9.55 Å². The second kappa shape index (κ2) is 13.8. The van der Waals surface area contributed by atoms with Gasteiger partial charge in [0.05, 0.1) is 20.8 Å². The monoisotopic (exact) mass is 627 g/mol. The minimum atomic E-state index is -1.49. The molecule has 1 fully saturated rings. The highest BCUT2D eigenvalue weighted by molar-refractivity contribution is 5.49. The van der Waals surface area contributed by atoms with E-state index in [9.17, 15) is 19.7 Å². The number of terminal acetylenes is 1. The van der Waals surface area contributed by atoms with Crippen molar-refractivity contribution in [3.8, 4) is 23.8 Å². The first-order valence-electron chi connectivity index (χ1n) is 14.4. The number of H-pyrrole nitrogens is 1. The van der Waals surface area contributed by atoms with Crippen molar-refractivity contribution in [2.75, 3.05) is 27.4 Å². The van der Waals surface area contributed by atoms with Gasteiger partial charge in [-0.25, -0.2) is 4.79 Å². The number of aryl methyl sites for hydroxylation is 1. The lowest BCUT2D eigenvalue weighted by molar-refractivity contribution is -0.538. The summed E-state index contributed by atoms with van der Waals surface area (Å²) in [6.07, 6.45) is 2.93. The average Bonchev–Trinajstić information content (AvgIpc) is 3.45. The molecule has 0 bridgehead atoms. The zero-order valence-corrected chi connectivity index (χ0v) is 25.5. The van der Waals surface area contributed by atoms with Crippen molar-refractivity contribution in [1.29, 1.82) is 0 Å². The fourth-order valence-electron chi connectivity index (χ4n) is 5.72. The van der Waals surface area contributed by atoms with Gasteiger partial charge in [0.25, 0.3) is 11.6 Å². The zero-order chi connectivity index (χ0) is 32.8. The Bertz CT molecular complexity index is 1770. The predicted octanol–water partition coefficient (Wildman–Crippen LogP) is 3.43. The Balaban J connectivity index is 1.63. The molecule has 3 aromatic carbocycles. The molecule has 0 saturated carbocycles. The molecule has 1 aromatic heterocycles. The van der Waals surface area contributed by atoms with Crippen LogP contribution in [0.2, 0.25) is 0 Å². The van der Waals surface area contributed by atoms with Crippen molar-refractivity contribution in [3.05, 3.63) is 138 Å². The van der Waals surface area contributed by atoms with Gasteiger partial charge in [-0.1, -0.05) is 60.5 Å². The first-order valence-corrected chi connectivity index (χ1v) is 14.4. The average molecular weight is 628 g/mol. The third-order valence-electron chi connectivity index (χ3n) is 7.97. The zero-order valence-electron chi connectivity index (χ0n) is 25.5. The molecule has 238 valence electrons. The number of methoxy groups -OCH3 is 2. The van der Waals surface area contributed by atoms with E-state index in [2.05, 4.69) is 10.9 Å². The SMILES string of the molecule is C#CCO[C@@H]1C([N+](=O)[O-])[C@@H](COC(c2ccccc2)(c2ccc(OC)cc2)c2ccc(OC)cc2)O[C@H]1n1cc(C)c(=O)[nH]c1=O. The minimum Gasteiger partial charge on any atom is -0.497 e. The van der Waals surface area contributed by atoms with Gasteiger partial charge in [-0.3, -0.25) is 24.5 Å². The van der Waals surface area contributed by atoms with Crippen LogP contribution in [0.5, 0.6) is 11.5 Å². The molecule has 2 heterocycles. The maximum Gasteiger partial charge on any atom is 0.330 e. The number of rotatable bonds is 12. The Morgan fingerprint density at radius 1 is 0.957 bits per heavy atom. The number of nitrogens with one attached hydrogen (secondary N) is 1. The molecule has 0 aliphatic carbocycles. The molecular formula is C34H33N3O9. The van der Waals surface area contributed by atoms with Gasteiger partial charge in [-0.15, -0.1) is 6.42 Å². The largest absolute Gasteiger partial charge is 0.497 e. The maximum absolute atomic E-state index is 12.9. The predicted molar refractivity (Wildman–Crippen MR) is 168 cm³/mol. The fourth-order valence-corrected chi connectivity index (χ4v) is 5.72.